The van der Waals surface area contributed by atoms with Crippen LogP contribution in [0.4, 0.5) is 0 Å². The Kier molecular flexibility index (Phi) is 8.64. The first-order valence-electron chi connectivity index (χ1n) is 9.49. The van der Waals surface area contributed by atoms with E-state index < -0.39 is 13.0 Å². The maximum absolute atomic E-state index is 12.8. The van der Waals surface area contributed by atoms with Gasteiger partial charge in [0.05, 0.1) is 19.4 Å². The zero-order chi connectivity index (χ0) is 21.3. The summed E-state index contributed by atoms with van der Waals surface area (Å²) in [5.41, 5.74) is 0.406. The minimum Gasteiger partial charge on any atom is -0.483 e. The molecule has 1 heterocycles. The van der Waals surface area contributed by atoms with Crippen molar-refractivity contribution in [2.45, 2.75) is 33.3 Å². The van der Waals surface area contributed by atoms with Gasteiger partial charge in [0.25, 0.3) is 0 Å². The standard InChI is InChI=1S/C20H27N2O6P/c1-3-27-29(25,28-4-2)14-8-11-17(23)19-20(18(24)12-13-22(19)21)26-15-16-9-6-5-7-10-16/h5-7,9-10,12-13H,3-4,8,11,14-15,21H2,1-2H3. The monoisotopic (exact) mass is 422 g/mol. The molecule has 0 amide bonds. The molecule has 0 bridgehead atoms. The van der Waals surface area contributed by atoms with Crippen molar-refractivity contribution < 1.29 is 23.1 Å². The third kappa shape index (κ3) is 6.56. The number of carbonyl (C=O) groups excluding carboxylic acids is 1. The summed E-state index contributed by atoms with van der Waals surface area (Å²) in [5.74, 6) is 5.41. The lowest BCUT2D eigenvalue weighted by molar-refractivity contribution is 0.0968. The van der Waals surface area contributed by atoms with Crippen molar-refractivity contribution in [1.29, 1.82) is 0 Å². The summed E-state index contributed by atoms with van der Waals surface area (Å²) in [5, 5.41) is 0. The Balaban J connectivity index is 2.12. The fourth-order valence-corrected chi connectivity index (χ4v) is 4.45. The molecule has 2 aromatic rings. The summed E-state index contributed by atoms with van der Waals surface area (Å²) < 4.78 is 29.7. The zero-order valence-electron chi connectivity index (χ0n) is 16.7. The molecule has 0 spiro atoms. The van der Waals surface area contributed by atoms with Crippen LogP contribution in [0.3, 0.4) is 0 Å². The molecule has 0 unspecified atom stereocenters. The second-order valence-electron chi connectivity index (χ2n) is 6.24. The Hall–Kier alpha value is -2.41. The van der Waals surface area contributed by atoms with Crippen molar-refractivity contribution >= 4 is 13.4 Å². The number of hydrogen-bond acceptors (Lipinski definition) is 7. The van der Waals surface area contributed by atoms with Crippen molar-refractivity contribution in [2.24, 2.45) is 0 Å². The first kappa shape index (κ1) is 22.9. The lowest BCUT2D eigenvalue weighted by atomic mass is 10.1. The molecule has 0 atom stereocenters. The number of aromatic nitrogens is 1. The number of hydrogen-bond donors (Lipinski definition) is 1. The second-order valence-corrected chi connectivity index (χ2v) is 8.42. The van der Waals surface area contributed by atoms with Crippen LogP contribution in [0.25, 0.3) is 0 Å². The van der Waals surface area contributed by atoms with Crippen LogP contribution in [0.5, 0.6) is 5.75 Å². The van der Waals surface area contributed by atoms with Crippen LogP contribution in [-0.4, -0.2) is 29.8 Å². The minimum absolute atomic E-state index is 0.0175. The molecule has 0 aliphatic heterocycles. The summed E-state index contributed by atoms with van der Waals surface area (Å²) in [6.07, 6.45) is 1.70. The Morgan fingerprint density at radius 3 is 2.38 bits per heavy atom. The van der Waals surface area contributed by atoms with Crippen LogP contribution in [-0.2, 0) is 20.2 Å². The van der Waals surface area contributed by atoms with Gasteiger partial charge in [-0.15, -0.1) is 0 Å². The number of Topliss-reactive ketones (excluding diaryl/α,β-unsaturated/α-hetero) is 1. The number of benzene rings is 1. The van der Waals surface area contributed by atoms with E-state index in [1.165, 1.54) is 12.3 Å². The fraction of sp³-hybridized carbons (Fsp3) is 0.400. The van der Waals surface area contributed by atoms with E-state index in [9.17, 15) is 14.2 Å². The van der Waals surface area contributed by atoms with E-state index in [2.05, 4.69) is 0 Å². The molecule has 1 aromatic heterocycles. The number of ketones is 1. The molecule has 0 aliphatic carbocycles. The maximum Gasteiger partial charge on any atom is 0.330 e. The Morgan fingerprint density at radius 1 is 1.10 bits per heavy atom. The number of carbonyl (C=O) groups is 1. The van der Waals surface area contributed by atoms with Crippen molar-refractivity contribution in [3.05, 3.63) is 64.1 Å². The highest BCUT2D eigenvalue weighted by atomic mass is 31.2. The van der Waals surface area contributed by atoms with Gasteiger partial charge in [-0.25, -0.2) is 0 Å². The quantitative estimate of drug-likeness (QED) is 0.317. The zero-order valence-corrected chi connectivity index (χ0v) is 17.6. The highest BCUT2D eigenvalue weighted by Gasteiger charge is 2.25. The predicted molar refractivity (Wildman–Crippen MR) is 111 cm³/mol. The number of pyridine rings is 1. The van der Waals surface area contributed by atoms with Crippen molar-refractivity contribution in [3.8, 4) is 5.75 Å². The van der Waals surface area contributed by atoms with Crippen LogP contribution >= 0.6 is 7.60 Å². The first-order valence-corrected chi connectivity index (χ1v) is 11.2. The van der Waals surface area contributed by atoms with Gasteiger partial charge in [-0.05, 0) is 25.8 Å². The fourth-order valence-electron chi connectivity index (χ4n) is 2.78. The third-order valence-electron chi connectivity index (χ3n) is 4.06. The molecule has 0 aliphatic rings. The number of nitrogens with zero attached hydrogens (tertiary/aromatic N) is 1. The van der Waals surface area contributed by atoms with Gasteiger partial charge >= 0.3 is 7.60 Å². The van der Waals surface area contributed by atoms with Gasteiger partial charge in [0.2, 0.25) is 5.43 Å². The van der Waals surface area contributed by atoms with Gasteiger partial charge in [-0.3, -0.25) is 18.8 Å². The van der Waals surface area contributed by atoms with Crippen molar-refractivity contribution in [3.63, 3.8) is 0 Å². The van der Waals surface area contributed by atoms with Crippen LogP contribution in [0.1, 0.15) is 42.7 Å². The summed E-state index contributed by atoms with van der Waals surface area (Å²) in [6, 6.07) is 10.5. The summed E-state index contributed by atoms with van der Waals surface area (Å²) in [6.45, 7) is 4.09. The Morgan fingerprint density at radius 2 is 1.76 bits per heavy atom. The van der Waals surface area contributed by atoms with E-state index in [0.717, 1.165) is 10.2 Å². The van der Waals surface area contributed by atoms with Crippen LogP contribution < -0.4 is 16.0 Å². The maximum atomic E-state index is 12.8. The van der Waals surface area contributed by atoms with Crippen molar-refractivity contribution in [2.75, 3.05) is 25.2 Å². The van der Waals surface area contributed by atoms with E-state index in [-0.39, 0.29) is 56.1 Å². The molecule has 0 saturated carbocycles. The van der Waals surface area contributed by atoms with Gasteiger partial charge in [-0.2, -0.15) is 0 Å². The minimum atomic E-state index is -3.24. The summed E-state index contributed by atoms with van der Waals surface area (Å²) >= 11 is 0. The summed E-state index contributed by atoms with van der Waals surface area (Å²) in [4.78, 5) is 25.1. The van der Waals surface area contributed by atoms with Crippen LogP contribution in [0, 0.1) is 0 Å². The molecule has 9 heteroatoms. The SMILES string of the molecule is CCOP(=O)(CCCC(=O)c1c(OCc2ccccc2)c(=O)ccn1N)OCC. The second kappa shape index (κ2) is 11.0. The van der Waals surface area contributed by atoms with E-state index in [1.807, 2.05) is 30.3 Å². The van der Waals surface area contributed by atoms with Gasteiger partial charge in [0.15, 0.2) is 17.2 Å². The Bertz CT molecular complexity index is 903. The van der Waals surface area contributed by atoms with E-state index >= 15 is 0 Å². The predicted octanol–water partition coefficient (Wildman–Crippen LogP) is 3.37. The van der Waals surface area contributed by atoms with Crippen molar-refractivity contribution in [1.82, 2.24) is 4.68 Å². The topological polar surface area (TPSA) is 110 Å². The molecule has 29 heavy (non-hydrogen) atoms. The molecular weight excluding hydrogens is 395 g/mol. The first-order chi connectivity index (χ1) is 13.9. The molecule has 2 rings (SSSR count). The number of nitrogen functional groups attached to an aromatic ring is 1. The van der Waals surface area contributed by atoms with E-state index in [4.69, 9.17) is 19.6 Å². The van der Waals surface area contributed by atoms with Gasteiger partial charge in [0, 0.05) is 18.7 Å². The highest BCUT2D eigenvalue weighted by molar-refractivity contribution is 7.53. The number of rotatable bonds is 12. The van der Waals surface area contributed by atoms with Crippen LogP contribution in [0.2, 0.25) is 0 Å². The normalized spacial score (nSPS) is 11.4. The number of ether oxygens (including phenoxy) is 1. The smallest absolute Gasteiger partial charge is 0.330 e. The lowest BCUT2D eigenvalue weighted by Gasteiger charge is -2.17. The van der Waals surface area contributed by atoms with E-state index in [1.54, 1.807) is 13.8 Å². The molecule has 0 radical (unpaired) electrons. The molecule has 0 fully saturated rings. The lowest BCUT2D eigenvalue weighted by Crippen LogP contribution is -2.25. The molecule has 8 nitrogen and oxygen atoms in total. The molecule has 2 N–H and O–H groups in total. The third-order valence-corrected chi connectivity index (χ3v) is 6.23. The average Bonchev–Trinajstić information content (AvgIpc) is 2.69. The molecule has 1 aromatic carbocycles. The van der Waals surface area contributed by atoms with Gasteiger partial charge < -0.3 is 19.6 Å². The highest BCUT2D eigenvalue weighted by Crippen LogP contribution is 2.48. The largest absolute Gasteiger partial charge is 0.483 e. The molecule has 0 saturated heterocycles. The van der Waals surface area contributed by atoms with Gasteiger partial charge in [-0.1, -0.05) is 30.3 Å². The molecule has 158 valence electrons. The summed E-state index contributed by atoms with van der Waals surface area (Å²) in [7, 11) is -3.24. The average molecular weight is 422 g/mol. The molecular formula is C20H27N2O6P. The van der Waals surface area contributed by atoms with E-state index in [0.29, 0.717) is 0 Å². The van der Waals surface area contributed by atoms with Crippen LogP contribution in [0.15, 0.2) is 47.4 Å². The van der Waals surface area contributed by atoms with Gasteiger partial charge in [0.1, 0.15) is 6.61 Å². The number of nitrogens with two attached hydrogens (primary N) is 1. The Labute approximate surface area is 170 Å².